The highest BCUT2D eigenvalue weighted by Crippen LogP contribution is 2.41. The molecule has 0 amide bonds. The number of ether oxygens (including phenoxy) is 2. The zero-order chi connectivity index (χ0) is 23.2. The van der Waals surface area contributed by atoms with Crippen LogP contribution in [0.15, 0.2) is 72.8 Å². The van der Waals surface area contributed by atoms with Crippen molar-refractivity contribution in [3.8, 4) is 17.2 Å². The summed E-state index contributed by atoms with van der Waals surface area (Å²) < 4.78 is 16.8. The average Bonchev–Trinajstić information content (AvgIpc) is 2.81. The van der Waals surface area contributed by atoms with Gasteiger partial charge in [0.15, 0.2) is 0 Å². The summed E-state index contributed by atoms with van der Waals surface area (Å²) in [6.45, 7) is 2.10. The second-order valence-corrected chi connectivity index (χ2v) is 8.68. The molecule has 2 N–H and O–H groups in total. The van der Waals surface area contributed by atoms with Crippen molar-refractivity contribution < 1.29 is 23.8 Å². The van der Waals surface area contributed by atoms with Crippen molar-refractivity contribution in [1.82, 2.24) is 4.90 Å². The van der Waals surface area contributed by atoms with Crippen molar-refractivity contribution >= 4 is 19.7 Å². The summed E-state index contributed by atoms with van der Waals surface area (Å²) in [5.74, 6) is 2.13. The second kappa shape index (κ2) is 10.8. The van der Waals surface area contributed by atoms with Gasteiger partial charge in [-0.3, -0.25) is 0 Å². The maximum Gasteiger partial charge on any atom is 0.391 e. The highest BCUT2D eigenvalue weighted by molar-refractivity contribution is 7.39. The van der Waals surface area contributed by atoms with Gasteiger partial charge in [-0.2, -0.15) is 0 Å². The fourth-order valence-corrected chi connectivity index (χ4v) is 4.17. The lowest BCUT2D eigenvalue weighted by atomic mass is 9.87. The van der Waals surface area contributed by atoms with E-state index in [0.29, 0.717) is 19.0 Å². The van der Waals surface area contributed by atoms with Crippen LogP contribution in [0.1, 0.15) is 23.1 Å². The molecular formula is C26H28NO5P. The normalized spacial score (nSPS) is 14.6. The minimum atomic E-state index is -2.45. The van der Waals surface area contributed by atoms with Crippen molar-refractivity contribution in [2.24, 2.45) is 0 Å². The molecule has 4 rings (SSSR count). The number of fused-ring (bicyclic) bond motifs is 1. The van der Waals surface area contributed by atoms with Gasteiger partial charge < -0.3 is 28.7 Å². The summed E-state index contributed by atoms with van der Waals surface area (Å²) in [6, 6.07) is 23.6. The lowest BCUT2D eigenvalue weighted by molar-refractivity contribution is 0.261. The van der Waals surface area contributed by atoms with Crippen LogP contribution >= 0.6 is 8.60 Å². The van der Waals surface area contributed by atoms with E-state index in [9.17, 15) is 0 Å². The van der Waals surface area contributed by atoms with E-state index in [1.54, 1.807) is 12.1 Å². The molecule has 0 saturated heterocycles. The smallest absolute Gasteiger partial charge is 0.391 e. The van der Waals surface area contributed by atoms with Crippen LogP contribution in [-0.4, -0.2) is 48.5 Å². The van der Waals surface area contributed by atoms with Gasteiger partial charge in [0, 0.05) is 18.5 Å². The Hall–Kier alpha value is -2.89. The van der Waals surface area contributed by atoms with E-state index < -0.39 is 8.60 Å². The minimum Gasteiger partial charge on any atom is -0.493 e. The Kier molecular flexibility index (Phi) is 7.63. The number of para-hydroxylation sites is 1. The topological polar surface area (TPSA) is 71.4 Å². The van der Waals surface area contributed by atoms with Gasteiger partial charge >= 0.3 is 8.60 Å². The van der Waals surface area contributed by atoms with Crippen molar-refractivity contribution in [3.05, 3.63) is 89.5 Å². The fourth-order valence-electron chi connectivity index (χ4n) is 3.85. The number of rotatable bonds is 8. The van der Waals surface area contributed by atoms with Crippen LogP contribution in [-0.2, 0) is 0 Å². The molecule has 0 unspecified atom stereocenters. The van der Waals surface area contributed by atoms with Crippen LogP contribution in [0.5, 0.6) is 17.2 Å². The molecular weight excluding hydrogens is 437 g/mol. The molecule has 0 fully saturated rings. The standard InChI is InChI=1S/C26H28NO5P/c1-27(2)16-18-30-21-11-7-19(8-12-21)26(20-9-13-22(14-10-20)32-33(28)29)24-15-17-31-25-6-4-3-5-23(24)25/h3-14,28-29H,15-18H2,1-2H3. The van der Waals surface area contributed by atoms with Crippen LogP contribution < -0.4 is 14.0 Å². The molecule has 3 aromatic rings. The Bertz CT molecular complexity index is 1090. The molecule has 0 bridgehead atoms. The molecule has 7 heteroatoms. The Labute approximate surface area is 195 Å². The van der Waals surface area contributed by atoms with E-state index in [1.807, 2.05) is 56.6 Å². The first-order valence-electron chi connectivity index (χ1n) is 10.8. The highest BCUT2D eigenvalue weighted by Gasteiger charge is 2.21. The summed E-state index contributed by atoms with van der Waals surface area (Å²) in [6.07, 6.45) is 0.782. The summed E-state index contributed by atoms with van der Waals surface area (Å²) in [5, 5.41) is 0. The summed E-state index contributed by atoms with van der Waals surface area (Å²) in [4.78, 5) is 20.4. The molecule has 33 heavy (non-hydrogen) atoms. The van der Waals surface area contributed by atoms with Gasteiger partial charge in [-0.05, 0) is 66.7 Å². The Balaban J connectivity index is 1.73. The zero-order valence-electron chi connectivity index (χ0n) is 18.8. The number of hydrogen-bond donors (Lipinski definition) is 2. The molecule has 172 valence electrons. The predicted octanol–water partition coefficient (Wildman–Crippen LogP) is 4.96. The highest BCUT2D eigenvalue weighted by atomic mass is 31.2. The van der Waals surface area contributed by atoms with Gasteiger partial charge in [0.25, 0.3) is 0 Å². The van der Waals surface area contributed by atoms with E-state index in [1.165, 1.54) is 5.57 Å². The van der Waals surface area contributed by atoms with Gasteiger partial charge in [-0.1, -0.05) is 42.5 Å². The number of nitrogens with zero attached hydrogens (tertiary/aromatic N) is 1. The molecule has 0 aliphatic carbocycles. The van der Waals surface area contributed by atoms with Gasteiger partial charge in [0.1, 0.15) is 23.9 Å². The molecule has 1 aliphatic heterocycles. The van der Waals surface area contributed by atoms with E-state index in [-0.39, 0.29) is 0 Å². The summed E-state index contributed by atoms with van der Waals surface area (Å²) in [7, 11) is 1.60. The first-order valence-corrected chi connectivity index (χ1v) is 12.0. The third kappa shape index (κ3) is 5.92. The maximum absolute atomic E-state index is 9.15. The number of likely N-dealkylation sites (N-methyl/N-ethyl adjacent to an activating group) is 1. The van der Waals surface area contributed by atoms with Crippen molar-refractivity contribution in [1.29, 1.82) is 0 Å². The van der Waals surface area contributed by atoms with Crippen molar-refractivity contribution in [3.63, 3.8) is 0 Å². The molecule has 0 radical (unpaired) electrons. The molecule has 1 heterocycles. The first kappa shape index (κ1) is 23.3. The third-order valence-electron chi connectivity index (χ3n) is 5.40. The quantitative estimate of drug-likeness (QED) is 0.459. The van der Waals surface area contributed by atoms with Crippen LogP contribution in [0.2, 0.25) is 0 Å². The molecule has 3 aromatic carbocycles. The Morgan fingerprint density at radius 2 is 1.55 bits per heavy atom. The summed E-state index contributed by atoms with van der Waals surface area (Å²) in [5.41, 5.74) is 5.47. The fraction of sp³-hybridized carbons (Fsp3) is 0.231. The Morgan fingerprint density at radius 1 is 0.909 bits per heavy atom. The summed E-state index contributed by atoms with van der Waals surface area (Å²) >= 11 is 0. The molecule has 0 saturated carbocycles. The van der Waals surface area contributed by atoms with E-state index in [2.05, 4.69) is 23.1 Å². The molecule has 0 atom stereocenters. The lowest BCUT2D eigenvalue weighted by Gasteiger charge is -2.24. The monoisotopic (exact) mass is 465 g/mol. The van der Waals surface area contributed by atoms with Crippen LogP contribution in [0.3, 0.4) is 0 Å². The number of benzene rings is 3. The Morgan fingerprint density at radius 3 is 2.18 bits per heavy atom. The van der Waals surface area contributed by atoms with Gasteiger partial charge in [0.05, 0.1) is 6.61 Å². The first-order chi connectivity index (χ1) is 16.0. The minimum absolute atomic E-state index is 0.413. The average molecular weight is 465 g/mol. The molecule has 1 aliphatic rings. The lowest BCUT2D eigenvalue weighted by Crippen LogP contribution is -2.19. The van der Waals surface area contributed by atoms with E-state index in [4.69, 9.17) is 23.8 Å². The third-order valence-corrected chi connectivity index (χ3v) is 5.78. The van der Waals surface area contributed by atoms with Gasteiger partial charge in [-0.25, -0.2) is 0 Å². The zero-order valence-corrected chi connectivity index (χ0v) is 19.7. The van der Waals surface area contributed by atoms with Crippen molar-refractivity contribution in [2.45, 2.75) is 6.42 Å². The largest absolute Gasteiger partial charge is 0.493 e. The van der Waals surface area contributed by atoms with Crippen LogP contribution in [0.25, 0.3) is 11.1 Å². The molecule has 0 aromatic heterocycles. The maximum atomic E-state index is 9.15. The predicted molar refractivity (Wildman–Crippen MR) is 131 cm³/mol. The van der Waals surface area contributed by atoms with Gasteiger partial charge in [-0.15, -0.1) is 0 Å². The van der Waals surface area contributed by atoms with Crippen LogP contribution in [0.4, 0.5) is 0 Å². The van der Waals surface area contributed by atoms with Gasteiger partial charge in [0.2, 0.25) is 0 Å². The SMILES string of the molecule is CN(C)CCOc1ccc(C(=C2CCOc3ccccc32)c2ccc(OP(O)O)cc2)cc1. The van der Waals surface area contributed by atoms with E-state index >= 15 is 0 Å². The molecule has 6 nitrogen and oxygen atoms in total. The molecule has 0 spiro atoms. The number of hydrogen-bond acceptors (Lipinski definition) is 6. The van der Waals surface area contributed by atoms with Crippen LogP contribution in [0, 0.1) is 0 Å². The van der Waals surface area contributed by atoms with E-state index in [0.717, 1.165) is 46.7 Å². The second-order valence-electron chi connectivity index (χ2n) is 7.99. The van der Waals surface area contributed by atoms with Crippen molar-refractivity contribution in [2.75, 3.05) is 33.9 Å².